The van der Waals surface area contributed by atoms with Crippen LogP contribution in [0.3, 0.4) is 0 Å². The molecule has 0 unspecified atom stereocenters. The predicted molar refractivity (Wildman–Crippen MR) is 73.9 cm³/mol. The molecule has 0 atom stereocenters. The molecule has 0 heterocycles. The van der Waals surface area contributed by atoms with Crippen molar-refractivity contribution in [3.63, 3.8) is 0 Å². The highest BCUT2D eigenvalue weighted by Crippen LogP contribution is 2.31. The van der Waals surface area contributed by atoms with E-state index in [0.717, 1.165) is 16.6 Å². The van der Waals surface area contributed by atoms with E-state index in [1.165, 1.54) is 31.7 Å². The van der Waals surface area contributed by atoms with Crippen molar-refractivity contribution in [1.82, 2.24) is 0 Å². The van der Waals surface area contributed by atoms with Gasteiger partial charge in [0.1, 0.15) is 12.4 Å². The topological polar surface area (TPSA) is 20.2 Å². The third-order valence-corrected chi connectivity index (χ3v) is 4.56. The summed E-state index contributed by atoms with van der Waals surface area (Å²) in [6.07, 6.45) is 5.30. The summed E-state index contributed by atoms with van der Waals surface area (Å²) in [5.41, 5.74) is 1.49. The Hall–Kier alpha value is -0.980. The molecule has 0 radical (unpaired) electrons. The molecule has 1 nitrogen and oxygen atoms in total. The van der Waals surface area contributed by atoms with Crippen molar-refractivity contribution in [3.8, 4) is 11.8 Å². The van der Waals surface area contributed by atoms with Crippen LogP contribution in [-0.4, -0.2) is 17.0 Å². The van der Waals surface area contributed by atoms with Gasteiger partial charge in [-0.25, -0.2) is 4.39 Å². The second kappa shape index (κ2) is 6.82. The smallest absolute Gasteiger partial charge is 0.138 e. The first kappa shape index (κ1) is 13.5. The fraction of sp³-hybridized carbons (Fsp3) is 0.467. The minimum Gasteiger partial charge on any atom is -0.384 e. The maximum absolute atomic E-state index is 13.4. The van der Waals surface area contributed by atoms with Gasteiger partial charge in [0.25, 0.3) is 0 Å². The maximum atomic E-state index is 13.4. The van der Waals surface area contributed by atoms with Crippen LogP contribution in [-0.2, 0) is 5.75 Å². The maximum Gasteiger partial charge on any atom is 0.138 e. The number of aliphatic hydroxyl groups is 1. The summed E-state index contributed by atoms with van der Waals surface area (Å²) in [4.78, 5) is 0. The molecule has 1 aliphatic rings. The van der Waals surface area contributed by atoms with Crippen molar-refractivity contribution in [2.75, 3.05) is 6.61 Å². The molecule has 0 saturated heterocycles. The van der Waals surface area contributed by atoms with E-state index in [0.29, 0.717) is 5.56 Å². The summed E-state index contributed by atoms with van der Waals surface area (Å²) in [6, 6.07) is 5.08. The second-order valence-electron chi connectivity index (χ2n) is 4.49. The fourth-order valence-electron chi connectivity index (χ4n) is 2.16. The number of rotatable bonds is 3. The lowest BCUT2D eigenvalue weighted by molar-refractivity contribution is 0.350. The molecule has 0 aromatic heterocycles. The van der Waals surface area contributed by atoms with Gasteiger partial charge in [-0.1, -0.05) is 30.7 Å². The monoisotopic (exact) mass is 264 g/mol. The molecular formula is C15H17FOS. The summed E-state index contributed by atoms with van der Waals surface area (Å²) in [6.45, 7) is -0.236. The van der Waals surface area contributed by atoms with E-state index in [9.17, 15) is 4.39 Å². The van der Waals surface area contributed by atoms with Gasteiger partial charge in [0.05, 0.1) is 5.56 Å². The van der Waals surface area contributed by atoms with Crippen LogP contribution in [0.15, 0.2) is 18.2 Å². The Kier molecular flexibility index (Phi) is 5.10. The Morgan fingerprint density at radius 1 is 1.33 bits per heavy atom. The van der Waals surface area contributed by atoms with Gasteiger partial charge in [0, 0.05) is 11.0 Å². The van der Waals surface area contributed by atoms with Crippen molar-refractivity contribution in [1.29, 1.82) is 0 Å². The molecule has 3 heteroatoms. The van der Waals surface area contributed by atoms with E-state index in [1.807, 2.05) is 17.8 Å². The molecule has 1 fully saturated rings. The van der Waals surface area contributed by atoms with Crippen molar-refractivity contribution in [2.24, 2.45) is 0 Å². The molecule has 1 saturated carbocycles. The lowest BCUT2D eigenvalue weighted by Gasteiger charge is -2.08. The van der Waals surface area contributed by atoms with Crippen molar-refractivity contribution >= 4 is 11.8 Å². The third kappa shape index (κ3) is 3.76. The number of thioether (sulfide) groups is 1. The molecule has 0 aliphatic heterocycles. The van der Waals surface area contributed by atoms with Crippen LogP contribution in [0.5, 0.6) is 0 Å². The van der Waals surface area contributed by atoms with E-state index >= 15 is 0 Å². The van der Waals surface area contributed by atoms with Gasteiger partial charge in [-0.3, -0.25) is 0 Å². The molecule has 1 aliphatic carbocycles. The van der Waals surface area contributed by atoms with Crippen LogP contribution < -0.4 is 0 Å². The summed E-state index contributed by atoms with van der Waals surface area (Å²) in [5, 5.41) is 9.40. The highest BCUT2D eigenvalue weighted by atomic mass is 32.2. The van der Waals surface area contributed by atoms with Crippen LogP contribution in [0.4, 0.5) is 4.39 Å². The van der Waals surface area contributed by atoms with E-state index < -0.39 is 0 Å². The Bertz CT molecular complexity index is 455. The molecular weight excluding hydrogens is 247 g/mol. The van der Waals surface area contributed by atoms with Gasteiger partial charge >= 0.3 is 0 Å². The Morgan fingerprint density at radius 3 is 2.83 bits per heavy atom. The minimum atomic E-state index is -0.314. The quantitative estimate of drug-likeness (QED) is 0.845. The van der Waals surface area contributed by atoms with Crippen LogP contribution in [0.25, 0.3) is 0 Å². The Labute approximate surface area is 112 Å². The van der Waals surface area contributed by atoms with Gasteiger partial charge in [-0.2, -0.15) is 11.8 Å². The number of hydrogen-bond donors (Lipinski definition) is 1. The molecule has 0 spiro atoms. The van der Waals surface area contributed by atoms with Crippen LogP contribution in [0.1, 0.15) is 36.8 Å². The van der Waals surface area contributed by atoms with E-state index in [2.05, 4.69) is 11.8 Å². The molecule has 1 N–H and O–H groups in total. The van der Waals surface area contributed by atoms with E-state index in [4.69, 9.17) is 5.11 Å². The lowest BCUT2D eigenvalue weighted by Crippen LogP contribution is -1.95. The predicted octanol–water partition coefficient (Wildman–Crippen LogP) is 3.35. The molecule has 2 rings (SSSR count). The number of benzene rings is 1. The van der Waals surface area contributed by atoms with Crippen LogP contribution in [0, 0.1) is 17.7 Å². The van der Waals surface area contributed by atoms with Gasteiger partial charge in [-0.15, -0.1) is 0 Å². The summed E-state index contributed by atoms with van der Waals surface area (Å²) < 4.78 is 13.4. The van der Waals surface area contributed by atoms with Crippen molar-refractivity contribution in [3.05, 3.63) is 35.1 Å². The van der Waals surface area contributed by atoms with Crippen molar-refractivity contribution in [2.45, 2.75) is 36.7 Å². The third-order valence-electron chi connectivity index (χ3n) is 3.12. The van der Waals surface area contributed by atoms with Crippen LogP contribution >= 0.6 is 11.8 Å². The minimum absolute atomic E-state index is 0.236. The van der Waals surface area contributed by atoms with Gasteiger partial charge in [0.2, 0.25) is 0 Å². The number of halogens is 1. The van der Waals surface area contributed by atoms with Crippen LogP contribution in [0.2, 0.25) is 0 Å². The standard InChI is InChI=1S/C15H17FOS/c16-15-8-7-12(10-13(15)4-3-9-17)11-18-14-5-1-2-6-14/h7-8,10,14,17H,1-2,5-6,9,11H2. The van der Waals surface area contributed by atoms with Gasteiger partial charge < -0.3 is 5.11 Å². The summed E-state index contributed by atoms with van der Waals surface area (Å²) in [5.74, 6) is 5.74. The Morgan fingerprint density at radius 2 is 2.11 bits per heavy atom. The lowest BCUT2D eigenvalue weighted by atomic mass is 10.1. The first-order chi connectivity index (χ1) is 8.79. The Balaban J connectivity index is 1.99. The molecule has 18 heavy (non-hydrogen) atoms. The van der Waals surface area contributed by atoms with E-state index in [-0.39, 0.29) is 12.4 Å². The average molecular weight is 264 g/mol. The summed E-state index contributed by atoms with van der Waals surface area (Å²) >= 11 is 1.96. The highest BCUT2D eigenvalue weighted by molar-refractivity contribution is 7.99. The normalized spacial score (nSPS) is 15.4. The molecule has 1 aromatic rings. The zero-order valence-electron chi connectivity index (χ0n) is 10.3. The molecule has 96 valence electrons. The first-order valence-corrected chi connectivity index (χ1v) is 7.34. The molecule has 1 aromatic carbocycles. The average Bonchev–Trinajstić information content (AvgIpc) is 2.89. The first-order valence-electron chi connectivity index (χ1n) is 6.29. The van der Waals surface area contributed by atoms with E-state index in [1.54, 1.807) is 6.07 Å². The summed E-state index contributed by atoms with van der Waals surface area (Å²) in [7, 11) is 0. The zero-order valence-corrected chi connectivity index (χ0v) is 11.1. The fourth-order valence-corrected chi connectivity index (χ4v) is 3.44. The number of hydrogen-bond acceptors (Lipinski definition) is 2. The molecule has 0 bridgehead atoms. The highest BCUT2D eigenvalue weighted by Gasteiger charge is 2.15. The second-order valence-corrected chi connectivity index (χ2v) is 5.78. The zero-order chi connectivity index (χ0) is 12.8. The van der Waals surface area contributed by atoms with Crippen molar-refractivity contribution < 1.29 is 9.50 Å². The number of aliphatic hydroxyl groups excluding tert-OH is 1. The van der Waals surface area contributed by atoms with Gasteiger partial charge in [-0.05, 0) is 30.5 Å². The molecule has 0 amide bonds. The SMILES string of the molecule is OCC#Cc1cc(CSC2CCCC2)ccc1F. The largest absolute Gasteiger partial charge is 0.384 e. The van der Waals surface area contributed by atoms with Gasteiger partial charge in [0.15, 0.2) is 0 Å².